The summed E-state index contributed by atoms with van der Waals surface area (Å²) in [5.74, 6) is 0. The van der Waals surface area contributed by atoms with Crippen molar-refractivity contribution in [3.05, 3.63) is 23.8 Å². The monoisotopic (exact) mass is 198 g/mol. The lowest BCUT2D eigenvalue weighted by atomic mass is 10.2. The summed E-state index contributed by atoms with van der Waals surface area (Å²) >= 11 is 0. The number of carbonyl (C=O) groups is 1. The lowest BCUT2D eigenvalue weighted by Gasteiger charge is -1.96. The van der Waals surface area contributed by atoms with Gasteiger partial charge in [-0.1, -0.05) is 0 Å². The third kappa shape index (κ3) is 1.06. The molecular formula is C7H6N2O3S. The smallest absolute Gasteiger partial charge is 0.300 e. The Hall–Kier alpha value is -1.56. The summed E-state index contributed by atoms with van der Waals surface area (Å²) in [6.45, 7) is 0. The Kier molecular flexibility index (Phi) is 1.38. The second-order valence-corrected chi connectivity index (χ2v) is 4.28. The molecule has 0 radical (unpaired) electrons. The van der Waals surface area contributed by atoms with Gasteiger partial charge in [-0.25, -0.2) is 0 Å². The van der Waals surface area contributed by atoms with Crippen LogP contribution in [-0.4, -0.2) is 13.5 Å². The van der Waals surface area contributed by atoms with Gasteiger partial charge in [0.25, 0.3) is 5.12 Å². The number of carbonyl (C=O) groups excluding carboxylic acids is 1. The molecule has 0 unspecified atom stereocenters. The van der Waals surface area contributed by atoms with Crippen LogP contribution in [0.2, 0.25) is 0 Å². The van der Waals surface area contributed by atoms with Crippen molar-refractivity contribution in [2.75, 3.05) is 10.5 Å². The Morgan fingerprint density at radius 1 is 1.31 bits per heavy atom. The van der Waals surface area contributed by atoms with Crippen LogP contribution in [0.25, 0.3) is 0 Å². The molecule has 1 heterocycles. The van der Waals surface area contributed by atoms with Gasteiger partial charge >= 0.3 is 10.0 Å². The third-order valence-corrected chi connectivity index (χ3v) is 2.95. The fraction of sp³-hybridized carbons (Fsp3) is 0. The number of benzene rings is 1. The first-order valence-corrected chi connectivity index (χ1v) is 4.96. The average molecular weight is 198 g/mol. The van der Waals surface area contributed by atoms with E-state index in [9.17, 15) is 13.2 Å². The fourth-order valence-corrected chi connectivity index (χ4v) is 2.18. The molecular weight excluding hydrogens is 192 g/mol. The molecule has 0 fully saturated rings. The van der Waals surface area contributed by atoms with E-state index in [1.807, 2.05) is 0 Å². The van der Waals surface area contributed by atoms with E-state index in [1.165, 1.54) is 18.2 Å². The topological polar surface area (TPSA) is 89.3 Å². The van der Waals surface area contributed by atoms with Gasteiger partial charge in [0.1, 0.15) is 0 Å². The van der Waals surface area contributed by atoms with Gasteiger partial charge in [0, 0.05) is 5.69 Å². The molecule has 1 aromatic carbocycles. The molecule has 6 heteroatoms. The summed E-state index contributed by atoms with van der Waals surface area (Å²) in [6.07, 6.45) is 0. The van der Waals surface area contributed by atoms with E-state index in [-0.39, 0.29) is 11.3 Å². The van der Waals surface area contributed by atoms with E-state index in [0.717, 1.165) is 0 Å². The summed E-state index contributed by atoms with van der Waals surface area (Å²) < 4.78 is 24.2. The molecule has 1 aromatic rings. The predicted octanol–water partition coefficient (Wildman–Crippen LogP) is 0.164. The standard InChI is InChI=1S/C7H6N2O3S/c8-4-1-2-5-6(3-4)9-13(11,12)7(5)10/h1-3,9H,8H2. The molecule has 1 aliphatic heterocycles. The molecule has 0 saturated carbocycles. The van der Waals surface area contributed by atoms with E-state index in [4.69, 9.17) is 5.73 Å². The maximum absolute atomic E-state index is 11.1. The molecule has 2 rings (SSSR count). The van der Waals surface area contributed by atoms with Crippen LogP contribution in [-0.2, 0) is 10.0 Å². The summed E-state index contributed by atoms with van der Waals surface area (Å²) in [7, 11) is -3.85. The normalized spacial score (nSPS) is 18.0. The second kappa shape index (κ2) is 2.23. The number of fused-ring (bicyclic) bond motifs is 1. The zero-order valence-electron chi connectivity index (χ0n) is 6.44. The van der Waals surface area contributed by atoms with Crippen molar-refractivity contribution >= 4 is 26.5 Å². The molecule has 1 aliphatic rings. The largest absolute Gasteiger partial charge is 0.399 e. The molecule has 0 amide bonds. The lowest BCUT2D eigenvalue weighted by molar-refractivity contribution is 0.108. The van der Waals surface area contributed by atoms with Gasteiger partial charge in [-0.2, -0.15) is 8.42 Å². The van der Waals surface area contributed by atoms with Gasteiger partial charge in [0.15, 0.2) is 0 Å². The number of nitrogens with one attached hydrogen (secondary N) is 1. The molecule has 0 bridgehead atoms. The molecule has 3 N–H and O–H groups in total. The van der Waals surface area contributed by atoms with E-state index in [1.54, 1.807) is 0 Å². The highest BCUT2D eigenvalue weighted by Crippen LogP contribution is 2.28. The second-order valence-electron chi connectivity index (χ2n) is 2.70. The Balaban J connectivity index is 2.70. The van der Waals surface area contributed by atoms with E-state index in [0.29, 0.717) is 5.69 Å². The molecule has 68 valence electrons. The van der Waals surface area contributed by atoms with Crippen molar-refractivity contribution in [1.82, 2.24) is 0 Å². The highest BCUT2D eigenvalue weighted by Gasteiger charge is 2.33. The van der Waals surface area contributed by atoms with Gasteiger partial charge in [0.05, 0.1) is 11.3 Å². The number of sulfonamides is 1. The van der Waals surface area contributed by atoms with Crippen LogP contribution in [0.5, 0.6) is 0 Å². The Morgan fingerprint density at radius 2 is 2.00 bits per heavy atom. The highest BCUT2D eigenvalue weighted by molar-refractivity contribution is 8.08. The van der Waals surface area contributed by atoms with Crippen molar-refractivity contribution in [3.63, 3.8) is 0 Å². The summed E-state index contributed by atoms with van der Waals surface area (Å²) in [5, 5.41) is -0.900. The molecule has 0 aromatic heterocycles. The van der Waals surface area contributed by atoms with Crippen LogP contribution < -0.4 is 10.5 Å². The summed E-state index contributed by atoms with van der Waals surface area (Å²) in [6, 6.07) is 4.29. The number of hydrogen-bond donors (Lipinski definition) is 2. The SMILES string of the molecule is Nc1ccc2c(c1)NS(=O)(=O)C2=O. The average Bonchev–Trinajstić information content (AvgIpc) is 2.22. The zero-order valence-corrected chi connectivity index (χ0v) is 7.26. The van der Waals surface area contributed by atoms with Gasteiger partial charge in [-0.05, 0) is 18.2 Å². The number of nitrogen functional groups attached to an aromatic ring is 1. The number of rotatable bonds is 0. The first-order chi connectivity index (χ1) is 6.00. The Labute approximate surface area is 74.6 Å². The van der Waals surface area contributed by atoms with E-state index >= 15 is 0 Å². The number of hydrogen-bond acceptors (Lipinski definition) is 4. The van der Waals surface area contributed by atoms with Crippen LogP contribution in [0.15, 0.2) is 18.2 Å². The minimum absolute atomic E-state index is 0.147. The number of nitrogens with two attached hydrogens (primary N) is 1. The zero-order chi connectivity index (χ0) is 9.64. The molecule has 13 heavy (non-hydrogen) atoms. The first-order valence-electron chi connectivity index (χ1n) is 3.47. The van der Waals surface area contributed by atoms with Gasteiger partial charge < -0.3 is 5.73 Å². The molecule has 0 saturated heterocycles. The first kappa shape index (κ1) is 8.06. The highest BCUT2D eigenvalue weighted by atomic mass is 32.2. The fourth-order valence-electron chi connectivity index (χ4n) is 1.16. The minimum Gasteiger partial charge on any atom is -0.399 e. The van der Waals surface area contributed by atoms with Gasteiger partial charge in [-0.3, -0.25) is 9.52 Å². The quantitative estimate of drug-likeness (QED) is 0.581. The maximum atomic E-state index is 11.1. The van der Waals surface area contributed by atoms with Crippen LogP contribution in [0.3, 0.4) is 0 Å². The summed E-state index contributed by atoms with van der Waals surface area (Å²) in [5.41, 5.74) is 6.23. The van der Waals surface area contributed by atoms with E-state index in [2.05, 4.69) is 4.72 Å². The van der Waals surface area contributed by atoms with Crippen molar-refractivity contribution < 1.29 is 13.2 Å². The molecule has 5 nitrogen and oxygen atoms in total. The maximum Gasteiger partial charge on any atom is 0.300 e. The van der Waals surface area contributed by atoms with Crippen molar-refractivity contribution in [2.45, 2.75) is 0 Å². The Bertz CT molecular complexity index is 492. The minimum atomic E-state index is -3.85. The Morgan fingerprint density at radius 3 is 2.69 bits per heavy atom. The van der Waals surface area contributed by atoms with Gasteiger partial charge in [-0.15, -0.1) is 0 Å². The van der Waals surface area contributed by atoms with E-state index < -0.39 is 15.1 Å². The van der Waals surface area contributed by atoms with Crippen molar-refractivity contribution in [1.29, 1.82) is 0 Å². The number of anilines is 2. The third-order valence-electron chi connectivity index (χ3n) is 1.75. The van der Waals surface area contributed by atoms with Crippen LogP contribution in [0, 0.1) is 0 Å². The molecule has 0 atom stereocenters. The van der Waals surface area contributed by atoms with Crippen molar-refractivity contribution in [3.8, 4) is 0 Å². The van der Waals surface area contributed by atoms with Crippen LogP contribution in [0.4, 0.5) is 11.4 Å². The van der Waals surface area contributed by atoms with Crippen LogP contribution in [0.1, 0.15) is 10.4 Å². The molecule has 0 spiro atoms. The van der Waals surface area contributed by atoms with Crippen molar-refractivity contribution in [2.24, 2.45) is 0 Å². The summed E-state index contributed by atoms with van der Waals surface area (Å²) in [4.78, 5) is 11.1. The van der Waals surface area contributed by atoms with Gasteiger partial charge in [0.2, 0.25) is 0 Å². The van der Waals surface area contributed by atoms with Crippen LogP contribution >= 0.6 is 0 Å². The predicted molar refractivity (Wildman–Crippen MR) is 47.7 cm³/mol. The lowest BCUT2D eigenvalue weighted by Crippen LogP contribution is -2.13. The molecule has 0 aliphatic carbocycles.